The Morgan fingerprint density at radius 3 is 2.30 bits per heavy atom. The summed E-state index contributed by atoms with van der Waals surface area (Å²) in [6, 6.07) is 7.00. The van der Waals surface area contributed by atoms with Crippen molar-refractivity contribution < 1.29 is 14.4 Å². The minimum Gasteiger partial charge on any atom is -0.300 e. The molecule has 0 spiro atoms. The molecule has 3 heteroatoms. The van der Waals surface area contributed by atoms with Crippen molar-refractivity contribution in [3.63, 3.8) is 0 Å². The molecule has 0 amide bonds. The average molecular weight is 268 g/mol. The van der Waals surface area contributed by atoms with Crippen molar-refractivity contribution in [3.8, 4) is 0 Å². The highest BCUT2D eigenvalue weighted by Crippen LogP contribution is 2.29. The van der Waals surface area contributed by atoms with Gasteiger partial charge in [0.1, 0.15) is 5.78 Å². The maximum absolute atomic E-state index is 12.4. The molecule has 2 aliphatic carbocycles. The lowest BCUT2D eigenvalue weighted by Crippen LogP contribution is -2.21. The average Bonchev–Trinajstić information content (AvgIpc) is 2.47. The van der Waals surface area contributed by atoms with Crippen LogP contribution in [0.15, 0.2) is 35.9 Å². The Morgan fingerprint density at radius 2 is 1.60 bits per heavy atom. The van der Waals surface area contributed by atoms with Crippen molar-refractivity contribution in [1.29, 1.82) is 0 Å². The van der Waals surface area contributed by atoms with Crippen molar-refractivity contribution in [2.45, 2.75) is 32.1 Å². The molecule has 0 heterocycles. The van der Waals surface area contributed by atoms with Gasteiger partial charge in [-0.2, -0.15) is 0 Å². The molecule has 0 saturated heterocycles. The van der Waals surface area contributed by atoms with Gasteiger partial charge in [-0.05, 0) is 18.8 Å². The lowest BCUT2D eigenvalue weighted by Gasteiger charge is -2.21. The lowest BCUT2D eigenvalue weighted by atomic mass is 9.81. The van der Waals surface area contributed by atoms with E-state index in [2.05, 4.69) is 0 Å². The number of rotatable bonds is 1. The van der Waals surface area contributed by atoms with E-state index in [1.165, 1.54) is 0 Å². The predicted octanol–water partition coefficient (Wildman–Crippen LogP) is 3.14. The highest BCUT2D eigenvalue weighted by atomic mass is 16.1. The van der Waals surface area contributed by atoms with Crippen molar-refractivity contribution in [1.82, 2.24) is 0 Å². The minimum atomic E-state index is -0.0305. The maximum Gasteiger partial charge on any atom is 0.189 e. The largest absolute Gasteiger partial charge is 0.300 e. The summed E-state index contributed by atoms with van der Waals surface area (Å²) in [5.74, 6) is 0.538. The molecule has 102 valence electrons. The number of carbonyl (C=O) groups excluding carboxylic acids is 3. The van der Waals surface area contributed by atoms with Gasteiger partial charge in [-0.3, -0.25) is 14.4 Å². The summed E-state index contributed by atoms with van der Waals surface area (Å²) in [6.45, 7) is 0. The van der Waals surface area contributed by atoms with Gasteiger partial charge in [0.2, 0.25) is 0 Å². The van der Waals surface area contributed by atoms with Crippen molar-refractivity contribution >= 4 is 17.3 Å². The number of benzene rings is 1. The first-order valence-corrected chi connectivity index (χ1v) is 7.04. The van der Waals surface area contributed by atoms with E-state index >= 15 is 0 Å². The smallest absolute Gasteiger partial charge is 0.189 e. The molecule has 0 N–H and O–H groups in total. The van der Waals surface area contributed by atoms with Crippen LogP contribution in [0.25, 0.3) is 0 Å². The number of Topliss-reactive ketones (excluding diaryl/α,β-unsaturated/α-hetero) is 3. The molecule has 0 radical (unpaired) electrons. The number of hydrogen-bond acceptors (Lipinski definition) is 3. The predicted molar refractivity (Wildman–Crippen MR) is 74.8 cm³/mol. The van der Waals surface area contributed by atoms with E-state index in [0.29, 0.717) is 35.3 Å². The molecule has 2 aliphatic rings. The second-order valence-corrected chi connectivity index (χ2v) is 5.54. The monoisotopic (exact) mass is 268 g/mol. The molecule has 3 nitrogen and oxygen atoms in total. The second kappa shape index (κ2) is 5.16. The Morgan fingerprint density at radius 1 is 0.950 bits per heavy atom. The van der Waals surface area contributed by atoms with Crippen molar-refractivity contribution in [2.24, 2.45) is 5.92 Å². The van der Waals surface area contributed by atoms with Gasteiger partial charge in [0.25, 0.3) is 0 Å². The fourth-order valence-electron chi connectivity index (χ4n) is 2.99. The van der Waals surface area contributed by atoms with Gasteiger partial charge < -0.3 is 0 Å². The lowest BCUT2D eigenvalue weighted by molar-refractivity contribution is -0.120. The van der Waals surface area contributed by atoms with E-state index in [0.717, 1.165) is 12.8 Å². The topological polar surface area (TPSA) is 51.2 Å². The molecule has 1 saturated carbocycles. The van der Waals surface area contributed by atoms with Crippen LogP contribution in [0.2, 0.25) is 0 Å². The van der Waals surface area contributed by atoms with Crippen molar-refractivity contribution in [2.75, 3.05) is 0 Å². The Labute approximate surface area is 117 Å². The molecule has 20 heavy (non-hydrogen) atoms. The molecule has 3 rings (SSSR count). The molecule has 0 bridgehead atoms. The van der Waals surface area contributed by atoms with Gasteiger partial charge in [0, 0.05) is 36.0 Å². The zero-order valence-electron chi connectivity index (χ0n) is 11.2. The van der Waals surface area contributed by atoms with Gasteiger partial charge in [-0.25, -0.2) is 0 Å². The van der Waals surface area contributed by atoms with Crippen LogP contribution in [-0.4, -0.2) is 17.3 Å². The van der Waals surface area contributed by atoms with Crippen LogP contribution in [0.5, 0.6) is 0 Å². The summed E-state index contributed by atoms with van der Waals surface area (Å²) in [7, 11) is 0. The first kappa shape index (κ1) is 13.0. The number of hydrogen-bond donors (Lipinski definition) is 0. The molecule has 1 aromatic rings. The standard InChI is InChI=1S/C17H16O3/c18-13-7-5-11(6-8-13)9-12-10-16(19)14-3-1-2-4-15(14)17(12)20/h1-4,9,11H,5-8,10H2/b12-9-. The Balaban J connectivity index is 1.87. The normalized spacial score (nSPS) is 22.2. The van der Waals surface area contributed by atoms with Gasteiger partial charge in [-0.15, -0.1) is 0 Å². The zero-order valence-corrected chi connectivity index (χ0v) is 11.2. The fourth-order valence-corrected chi connectivity index (χ4v) is 2.99. The summed E-state index contributed by atoms with van der Waals surface area (Å²) in [5.41, 5.74) is 1.66. The first-order valence-electron chi connectivity index (χ1n) is 7.04. The van der Waals surface area contributed by atoms with Crippen LogP contribution in [0.3, 0.4) is 0 Å². The summed E-state index contributed by atoms with van der Waals surface area (Å²) < 4.78 is 0. The van der Waals surface area contributed by atoms with Crippen LogP contribution in [0.1, 0.15) is 52.8 Å². The zero-order chi connectivity index (χ0) is 14.1. The van der Waals surface area contributed by atoms with E-state index in [9.17, 15) is 14.4 Å². The number of allylic oxidation sites excluding steroid dienone is 2. The molecule has 0 aliphatic heterocycles. The number of ketones is 3. The molecule has 0 aromatic heterocycles. The maximum atomic E-state index is 12.4. The molecule has 1 aromatic carbocycles. The Hall–Kier alpha value is -2.03. The number of carbonyl (C=O) groups is 3. The second-order valence-electron chi connectivity index (χ2n) is 5.54. The summed E-state index contributed by atoms with van der Waals surface area (Å²) >= 11 is 0. The van der Waals surface area contributed by atoms with Crippen LogP contribution >= 0.6 is 0 Å². The van der Waals surface area contributed by atoms with Gasteiger partial charge >= 0.3 is 0 Å². The van der Waals surface area contributed by atoms with E-state index in [4.69, 9.17) is 0 Å². The van der Waals surface area contributed by atoms with Crippen LogP contribution in [0, 0.1) is 5.92 Å². The molecule has 0 unspecified atom stereocenters. The Bertz CT molecular complexity index is 615. The van der Waals surface area contributed by atoms with Gasteiger partial charge in [0.05, 0.1) is 0 Å². The SMILES string of the molecule is O=C1CCC(/C=C2/CC(=O)c3ccccc3C2=O)CC1. The first-order chi connectivity index (χ1) is 9.65. The van der Waals surface area contributed by atoms with Crippen LogP contribution in [0.4, 0.5) is 0 Å². The molecule has 1 fully saturated rings. The third kappa shape index (κ3) is 2.36. The Kier molecular flexibility index (Phi) is 3.35. The van der Waals surface area contributed by atoms with Crippen molar-refractivity contribution in [3.05, 3.63) is 47.0 Å². The quantitative estimate of drug-likeness (QED) is 0.735. The summed E-state index contributed by atoms with van der Waals surface area (Å²) in [4.78, 5) is 35.7. The third-order valence-electron chi connectivity index (χ3n) is 4.14. The summed E-state index contributed by atoms with van der Waals surface area (Å²) in [5, 5.41) is 0. The van der Waals surface area contributed by atoms with E-state index < -0.39 is 0 Å². The van der Waals surface area contributed by atoms with E-state index in [1.807, 2.05) is 6.08 Å². The van der Waals surface area contributed by atoms with E-state index in [1.54, 1.807) is 24.3 Å². The van der Waals surface area contributed by atoms with Gasteiger partial charge in [-0.1, -0.05) is 30.3 Å². The fraction of sp³-hybridized carbons (Fsp3) is 0.353. The minimum absolute atomic E-state index is 0.0123. The van der Waals surface area contributed by atoms with Crippen LogP contribution in [-0.2, 0) is 4.79 Å². The van der Waals surface area contributed by atoms with E-state index in [-0.39, 0.29) is 23.9 Å². The molecular weight excluding hydrogens is 252 g/mol. The number of fused-ring (bicyclic) bond motifs is 1. The van der Waals surface area contributed by atoms with Gasteiger partial charge in [0.15, 0.2) is 11.6 Å². The third-order valence-corrected chi connectivity index (χ3v) is 4.14. The molecule has 0 atom stereocenters. The highest BCUT2D eigenvalue weighted by Gasteiger charge is 2.28. The summed E-state index contributed by atoms with van der Waals surface area (Å²) in [6.07, 6.45) is 4.90. The van der Waals surface area contributed by atoms with Crippen LogP contribution < -0.4 is 0 Å². The highest BCUT2D eigenvalue weighted by molar-refractivity contribution is 6.22. The molecular formula is C17H16O3.